The first-order chi connectivity index (χ1) is 9.89. The molecule has 4 nitrogen and oxygen atoms in total. The molecule has 0 spiro atoms. The molecule has 120 valence electrons. The molecule has 0 saturated heterocycles. The SMILES string of the molecule is CC1C2CC3CC(C2)CC1(C)C3.O=C(O)C(=CCO)CO. The number of rotatable bonds is 3. The molecule has 4 rings (SSSR count). The predicted molar refractivity (Wildman–Crippen MR) is 80.7 cm³/mol. The maximum absolute atomic E-state index is 9.98. The van der Waals surface area contributed by atoms with E-state index in [9.17, 15) is 4.79 Å². The van der Waals surface area contributed by atoms with Gasteiger partial charge in [-0.2, -0.15) is 0 Å². The lowest BCUT2D eigenvalue weighted by molar-refractivity contribution is -0.133. The summed E-state index contributed by atoms with van der Waals surface area (Å²) in [5.74, 6) is 3.20. The van der Waals surface area contributed by atoms with Gasteiger partial charge >= 0.3 is 5.97 Å². The van der Waals surface area contributed by atoms with Crippen LogP contribution in [0.5, 0.6) is 0 Å². The van der Waals surface area contributed by atoms with Gasteiger partial charge in [-0.25, -0.2) is 4.79 Å². The molecule has 4 bridgehead atoms. The molecular weight excluding hydrogens is 268 g/mol. The van der Waals surface area contributed by atoms with Crippen LogP contribution in [0.3, 0.4) is 0 Å². The summed E-state index contributed by atoms with van der Waals surface area (Å²) in [6.45, 7) is 4.17. The van der Waals surface area contributed by atoms with Gasteiger partial charge in [-0.05, 0) is 67.3 Å². The molecule has 3 atom stereocenters. The molecular formula is C17H28O4. The Labute approximate surface area is 126 Å². The molecule has 4 heteroatoms. The van der Waals surface area contributed by atoms with Gasteiger partial charge in [0, 0.05) is 0 Å². The van der Waals surface area contributed by atoms with Gasteiger partial charge in [0.05, 0.1) is 18.8 Å². The molecule has 4 saturated carbocycles. The Morgan fingerprint density at radius 3 is 2.10 bits per heavy atom. The van der Waals surface area contributed by atoms with Crippen LogP contribution in [-0.2, 0) is 4.79 Å². The minimum Gasteiger partial charge on any atom is -0.478 e. The van der Waals surface area contributed by atoms with E-state index in [-0.39, 0.29) is 12.2 Å². The van der Waals surface area contributed by atoms with Crippen molar-refractivity contribution in [1.82, 2.24) is 0 Å². The van der Waals surface area contributed by atoms with E-state index in [0.29, 0.717) is 0 Å². The van der Waals surface area contributed by atoms with Gasteiger partial charge in [-0.15, -0.1) is 0 Å². The fraction of sp³-hybridized carbons (Fsp3) is 0.824. The molecule has 3 N–H and O–H groups in total. The molecule has 0 amide bonds. The topological polar surface area (TPSA) is 77.8 Å². The molecule has 3 unspecified atom stereocenters. The molecule has 0 aliphatic heterocycles. The van der Waals surface area contributed by atoms with E-state index in [4.69, 9.17) is 15.3 Å². The van der Waals surface area contributed by atoms with Crippen molar-refractivity contribution in [3.8, 4) is 0 Å². The fourth-order valence-electron chi connectivity index (χ4n) is 5.03. The minimum atomic E-state index is -1.20. The van der Waals surface area contributed by atoms with Crippen molar-refractivity contribution >= 4 is 5.97 Å². The normalized spacial score (nSPS) is 40.7. The van der Waals surface area contributed by atoms with Gasteiger partial charge in [0.2, 0.25) is 0 Å². The molecule has 4 aliphatic rings. The van der Waals surface area contributed by atoms with Crippen LogP contribution in [-0.4, -0.2) is 34.5 Å². The van der Waals surface area contributed by atoms with Crippen molar-refractivity contribution in [1.29, 1.82) is 0 Å². The summed E-state index contributed by atoms with van der Waals surface area (Å²) >= 11 is 0. The molecule has 4 fully saturated rings. The van der Waals surface area contributed by atoms with Crippen molar-refractivity contribution in [2.45, 2.75) is 46.0 Å². The maximum Gasteiger partial charge on any atom is 0.333 e. The number of aliphatic carboxylic acids is 1. The number of hydrogen-bond acceptors (Lipinski definition) is 3. The Morgan fingerprint density at radius 1 is 1.19 bits per heavy atom. The van der Waals surface area contributed by atoms with Crippen LogP contribution in [0.15, 0.2) is 11.6 Å². The van der Waals surface area contributed by atoms with Gasteiger partial charge in [0.1, 0.15) is 0 Å². The zero-order valence-corrected chi connectivity index (χ0v) is 13.1. The van der Waals surface area contributed by atoms with Crippen LogP contribution < -0.4 is 0 Å². The first-order valence-corrected chi connectivity index (χ1v) is 8.03. The molecule has 0 aromatic carbocycles. The lowest BCUT2D eigenvalue weighted by Crippen LogP contribution is -2.50. The largest absolute Gasteiger partial charge is 0.478 e. The summed E-state index contributed by atoms with van der Waals surface area (Å²) in [6.07, 6.45) is 8.89. The van der Waals surface area contributed by atoms with Gasteiger partial charge in [0.25, 0.3) is 0 Å². The van der Waals surface area contributed by atoms with Crippen LogP contribution in [0.1, 0.15) is 46.0 Å². The van der Waals surface area contributed by atoms with Gasteiger partial charge in [0.15, 0.2) is 0 Å². The highest BCUT2D eigenvalue weighted by molar-refractivity contribution is 5.86. The van der Waals surface area contributed by atoms with E-state index < -0.39 is 12.6 Å². The third kappa shape index (κ3) is 3.49. The minimum absolute atomic E-state index is 0.183. The highest BCUT2D eigenvalue weighted by Crippen LogP contribution is 2.62. The van der Waals surface area contributed by atoms with E-state index in [1.807, 2.05) is 0 Å². The third-order valence-electron chi connectivity index (χ3n) is 6.04. The molecule has 21 heavy (non-hydrogen) atoms. The number of aliphatic hydroxyl groups is 2. The van der Waals surface area contributed by atoms with E-state index in [0.717, 1.165) is 35.2 Å². The smallest absolute Gasteiger partial charge is 0.333 e. The molecule has 0 radical (unpaired) electrons. The number of carboxylic acids is 1. The second-order valence-corrected chi connectivity index (χ2v) is 7.43. The van der Waals surface area contributed by atoms with Crippen molar-refractivity contribution in [3.63, 3.8) is 0 Å². The maximum atomic E-state index is 9.98. The average Bonchev–Trinajstić information content (AvgIpc) is 2.41. The van der Waals surface area contributed by atoms with Gasteiger partial charge < -0.3 is 15.3 Å². The monoisotopic (exact) mass is 296 g/mol. The van der Waals surface area contributed by atoms with Crippen molar-refractivity contribution in [2.75, 3.05) is 13.2 Å². The van der Waals surface area contributed by atoms with E-state index >= 15 is 0 Å². The Kier molecular flexibility index (Phi) is 5.10. The summed E-state index contributed by atoms with van der Waals surface area (Å²) in [7, 11) is 0. The average molecular weight is 296 g/mol. The molecule has 0 aromatic rings. The third-order valence-corrected chi connectivity index (χ3v) is 6.04. The summed E-state index contributed by atoms with van der Waals surface area (Å²) in [5, 5.41) is 24.6. The van der Waals surface area contributed by atoms with Crippen LogP contribution >= 0.6 is 0 Å². The summed E-state index contributed by atoms with van der Waals surface area (Å²) in [4.78, 5) is 9.98. The summed E-state index contributed by atoms with van der Waals surface area (Å²) < 4.78 is 0. The number of aliphatic hydroxyl groups excluding tert-OH is 2. The highest BCUT2D eigenvalue weighted by Gasteiger charge is 2.52. The van der Waals surface area contributed by atoms with Crippen LogP contribution in [0.2, 0.25) is 0 Å². The van der Waals surface area contributed by atoms with Crippen molar-refractivity contribution in [2.24, 2.45) is 29.1 Å². The first-order valence-electron chi connectivity index (χ1n) is 8.03. The zero-order chi connectivity index (χ0) is 15.6. The lowest BCUT2D eigenvalue weighted by atomic mass is 9.46. The molecule has 0 heterocycles. The summed E-state index contributed by atoms with van der Waals surface area (Å²) in [6, 6.07) is 0. The standard InChI is InChI=1S/C12H20.C5H8O4/c1-8-11-4-9-3-10(5-11)7-12(8,2)6-9;6-2-1-4(3-7)5(8)9/h8-11H,3-7H2,1-2H3;1,6-7H,2-3H2,(H,8,9). The Morgan fingerprint density at radius 2 is 1.76 bits per heavy atom. The van der Waals surface area contributed by atoms with Gasteiger partial charge in [-0.3, -0.25) is 0 Å². The summed E-state index contributed by atoms with van der Waals surface area (Å²) in [5.41, 5.74) is 0.576. The quantitative estimate of drug-likeness (QED) is 0.699. The van der Waals surface area contributed by atoms with Crippen LogP contribution in [0.25, 0.3) is 0 Å². The van der Waals surface area contributed by atoms with Crippen molar-refractivity contribution in [3.05, 3.63) is 11.6 Å². The van der Waals surface area contributed by atoms with E-state index in [2.05, 4.69) is 13.8 Å². The molecule has 4 aliphatic carbocycles. The second-order valence-electron chi connectivity index (χ2n) is 7.43. The van der Waals surface area contributed by atoms with Crippen molar-refractivity contribution < 1.29 is 20.1 Å². The lowest BCUT2D eigenvalue weighted by Gasteiger charge is -2.59. The van der Waals surface area contributed by atoms with Crippen LogP contribution in [0.4, 0.5) is 0 Å². The number of carbonyl (C=O) groups is 1. The second kappa shape index (κ2) is 6.49. The van der Waals surface area contributed by atoms with Gasteiger partial charge in [-0.1, -0.05) is 13.8 Å². The zero-order valence-electron chi connectivity index (χ0n) is 13.1. The van der Waals surface area contributed by atoms with E-state index in [1.165, 1.54) is 0 Å². The fourth-order valence-corrected chi connectivity index (χ4v) is 5.03. The molecule has 0 aromatic heterocycles. The highest BCUT2D eigenvalue weighted by atomic mass is 16.4. The Hall–Kier alpha value is -0.870. The Bertz CT molecular complexity index is 401. The predicted octanol–water partition coefficient (Wildman–Crippen LogP) is 2.45. The number of carboxylic acid groups (broad SMARTS) is 1. The first kappa shape index (κ1) is 16.5. The van der Waals surface area contributed by atoms with Crippen LogP contribution in [0, 0.1) is 29.1 Å². The Balaban J connectivity index is 0.000000163. The van der Waals surface area contributed by atoms with E-state index in [1.54, 1.807) is 32.1 Å². The number of hydrogen-bond donors (Lipinski definition) is 3.